The van der Waals surface area contributed by atoms with Crippen molar-refractivity contribution in [2.75, 3.05) is 37.4 Å². The third-order valence-corrected chi connectivity index (χ3v) is 2.97. The number of nitrogens with two attached hydrogens (primary N) is 1. The number of hydrogen-bond donors (Lipinski definition) is 1. The van der Waals surface area contributed by atoms with Gasteiger partial charge < -0.3 is 15.4 Å². The van der Waals surface area contributed by atoms with E-state index in [0.29, 0.717) is 5.69 Å². The first-order valence-corrected chi connectivity index (χ1v) is 6.16. The second-order valence-electron chi connectivity index (χ2n) is 4.19. The molecule has 0 atom stereocenters. The van der Waals surface area contributed by atoms with E-state index >= 15 is 0 Å². The smallest absolute Gasteiger partial charge is 0.0951 e. The Morgan fingerprint density at radius 1 is 1.33 bits per heavy atom. The first-order chi connectivity index (χ1) is 8.74. The second-order valence-corrected chi connectivity index (χ2v) is 4.19. The average molecular weight is 245 g/mol. The molecule has 0 saturated carbocycles. The topological polar surface area (TPSA) is 51.4 Å². The Hall–Kier alpha value is -1.81. The van der Waals surface area contributed by atoms with E-state index in [-0.39, 0.29) is 0 Å². The maximum Gasteiger partial charge on any atom is 0.0951 e. The highest BCUT2D eigenvalue weighted by Crippen LogP contribution is 2.27. The van der Waals surface area contributed by atoms with Gasteiger partial charge in [-0.3, -0.25) is 4.98 Å². The molecule has 2 aromatic rings. The summed E-state index contributed by atoms with van der Waals surface area (Å²) in [7, 11) is 2.05. The van der Waals surface area contributed by atoms with E-state index in [4.69, 9.17) is 10.5 Å². The Morgan fingerprint density at radius 3 is 2.94 bits per heavy atom. The van der Waals surface area contributed by atoms with Crippen molar-refractivity contribution in [3.05, 3.63) is 30.5 Å². The number of nitrogens with zero attached hydrogens (tertiary/aromatic N) is 2. The summed E-state index contributed by atoms with van der Waals surface area (Å²) in [4.78, 5) is 6.50. The van der Waals surface area contributed by atoms with Crippen molar-refractivity contribution in [2.24, 2.45) is 0 Å². The molecule has 0 saturated heterocycles. The van der Waals surface area contributed by atoms with Crippen molar-refractivity contribution in [3.8, 4) is 0 Å². The summed E-state index contributed by atoms with van der Waals surface area (Å²) in [6.07, 6.45) is 1.80. The van der Waals surface area contributed by atoms with Crippen molar-refractivity contribution in [3.63, 3.8) is 0 Å². The molecule has 0 bridgehead atoms. The standard InChI is InChI=1S/C14H19N3O/c1-3-18-10-9-17(2)13-7-8-16-14-11(13)5-4-6-12(14)15/h4-8H,3,9-10,15H2,1-2H3. The van der Waals surface area contributed by atoms with Crippen molar-refractivity contribution in [2.45, 2.75) is 6.92 Å². The van der Waals surface area contributed by atoms with Crippen molar-refractivity contribution in [1.82, 2.24) is 4.98 Å². The van der Waals surface area contributed by atoms with Gasteiger partial charge in [0.2, 0.25) is 0 Å². The number of ether oxygens (including phenoxy) is 1. The number of pyridine rings is 1. The fourth-order valence-corrected chi connectivity index (χ4v) is 1.98. The molecule has 0 radical (unpaired) electrons. The minimum atomic E-state index is 0.715. The number of benzene rings is 1. The number of para-hydroxylation sites is 1. The lowest BCUT2D eigenvalue weighted by molar-refractivity contribution is 0.154. The monoisotopic (exact) mass is 245 g/mol. The summed E-state index contributed by atoms with van der Waals surface area (Å²) >= 11 is 0. The normalized spacial score (nSPS) is 10.8. The fourth-order valence-electron chi connectivity index (χ4n) is 1.98. The second kappa shape index (κ2) is 5.69. The van der Waals surface area contributed by atoms with Gasteiger partial charge in [-0.1, -0.05) is 12.1 Å². The van der Waals surface area contributed by atoms with Crippen LogP contribution in [0.15, 0.2) is 30.5 Å². The summed E-state index contributed by atoms with van der Waals surface area (Å²) in [5.41, 5.74) is 8.65. The molecule has 18 heavy (non-hydrogen) atoms. The van der Waals surface area contributed by atoms with Crippen LogP contribution in [0, 0.1) is 0 Å². The molecule has 0 aliphatic carbocycles. The Balaban J connectivity index is 2.30. The van der Waals surface area contributed by atoms with Gasteiger partial charge in [-0.2, -0.15) is 0 Å². The predicted octanol–water partition coefficient (Wildman–Crippen LogP) is 2.29. The molecule has 0 aliphatic heterocycles. The van der Waals surface area contributed by atoms with Gasteiger partial charge in [0, 0.05) is 37.5 Å². The molecule has 1 heterocycles. The van der Waals surface area contributed by atoms with Crippen LogP contribution in [0.4, 0.5) is 11.4 Å². The quantitative estimate of drug-likeness (QED) is 0.648. The largest absolute Gasteiger partial charge is 0.397 e. The Kier molecular flexibility index (Phi) is 3.99. The van der Waals surface area contributed by atoms with Crippen molar-refractivity contribution in [1.29, 1.82) is 0 Å². The summed E-state index contributed by atoms with van der Waals surface area (Å²) in [6.45, 7) is 4.32. The van der Waals surface area contributed by atoms with E-state index in [2.05, 4.69) is 16.9 Å². The van der Waals surface area contributed by atoms with Gasteiger partial charge in [0.05, 0.1) is 17.8 Å². The van der Waals surface area contributed by atoms with Gasteiger partial charge in [-0.25, -0.2) is 0 Å². The molecule has 0 amide bonds. The lowest BCUT2D eigenvalue weighted by atomic mass is 10.1. The van der Waals surface area contributed by atoms with Crippen LogP contribution in [-0.2, 0) is 4.74 Å². The molecule has 0 unspecified atom stereocenters. The van der Waals surface area contributed by atoms with Gasteiger partial charge in [0.25, 0.3) is 0 Å². The van der Waals surface area contributed by atoms with Crippen LogP contribution < -0.4 is 10.6 Å². The number of rotatable bonds is 5. The van der Waals surface area contributed by atoms with E-state index in [1.165, 1.54) is 0 Å². The number of fused-ring (bicyclic) bond motifs is 1. The maximum absolute atomic E-state index is 5.94. The van der Waals surface area contributed by atoms with Gasteiger partial charge in [-0.15, -0.1) is 0 Å². The molecular formula is C14H19N3O. The lowest BCUT2D eigenvalue weighted by Gasteiger charge is -2.21. The molecule has 4 heteroatoms. The van der Waals surface area contributed by atoms with Crippen molar-refractivity contribution >= 4 is 22.3 Å². The SMILES string of the molecule is CCOCCN(C)c1ccnc2c(N)cccc12. The van der Waals surface area contributed by atoms with E-state index in [9.17, 15) is 0 Å². The van der Waals surface area contributed by atoms with Crippen molar-refractivity contribution < 1.29 is 4.74 Å². The number of likely N-dealkylation sites (N-methyl/N-ethyl adjacent to an activating group) is 1. The van der Waals surface area contributed by atoms with E-state index in [1.807, 2.05) is 31.2 Å². The summed E-state index contributed by atoms with van der Waals surface area (Å²) in [5.74, 6) is 0. The molecule has 0 spiro atoms. The van der Waals surface area contributed by atoms with Crippen LogP contribution in [0.25, 0.3) is 10.9 Å². The first-order valence-electron chi connectivity index (χ1n) is 6.16. The fraction of sp³-hybridized carbons (Fsp3) is 0.357. The summed E-state index contributed by atoms with van der Waals surface area (Å²) < 4.78 is 5.38. The van der Waals surface area contributed by atoms with Crippen LogP contribution in [0.5, 0.6) is 0 Å². The third-order valence-electron chi connectivity index (χ3n) is 2.97. The van der Waals surface area contributed by atoms with E-state index in [0.717, 1.165) is 36.3 Å². The zero-order valence-corrected chi connectivity index (χ0v) is 10.9. The Labute approximate surface area is 107 Å². The Bertz CT molecular complexity index is 527. The lowest BCUT2D eigenvalue weighted by Crippen LogP contribution is -2.22. The average Bonchev–Trinajstić information content (AvgIpc) is 2.39. The third kappa shape index (κ3) is 2.54. The molecule has 96 valence electrons. The Morgan fingerprint density at radius 2 is 2.17 bits per heavy atom. The van der Waals surface area contributed by atoms with Crippen LogP contribution in [-0.4, -0.2) is 31.8 Å². The van der Waals surface area contributed by atoms with Gasteiger partial charge >= 0.3 is 0 Å². The molecule has 2 N–H and O–H groups in total. The maximum atomic E-state index is 5.94. The van der Waals surface area contributed by atoms with Crippen LogP contribution in [0.1, 0.15) is 6.92 Å². The summed E-state index contributed by atoms with van der Waals surface area (Å²) in [6, 6.07) is 7.89. The van der Waals surface area contributed by atoms with Gasteiger partial charge in [0.1, 0.15) is 0 Å². The summed E-state index contributed by atoms with van der Waals surface area (Å²) in [5, 5.41) is 1.08. The highest BCUT2D eigenvalue weighted by atomic mass is 16.5. The molecule has 1 aromatic carbocycles. The van der Waals surface area contributed by atoms with Gasteiger partial charge in [0.15, 0.2) is 0 Å². The molecule has 1 aromatic heterocycles. The number of hydrogen-bond acceptors (Lipinski definition) is 4. The van der Waals surface area contributed by atoms with E-state index in [1.54, 1.807) is 6.20 Å². The van der Waals surface area contributed by atoms with Crippen LogP contribution >= 0.6 is 0 Å². The van der Waals surface area contributed by atoms with E-state index < -0.39 is 0 Å². The molecular weight excluding hydrogens is 226 g/mol. The minimum absolute atomic E-state index is 0.715. The number of aromatic nitrogens is 1. The zero-order chi connectivity index (χ0) is 13.0. The highest BCUT2D eigenvalue weighted by molar-refractivity contribution is 5.97. The minimum Gasteiger partial charge on any atom is -0.397 e. The molecule has 4 nitrogen and oxygen atoms in total. The predicted molar refractivity (Wildman–Crippen MR) is 75.9 cm³/mol. The number of nitrogen functional groups attached to an aromatic ring is 1. The number of anilines is 2. The molecule has 2 rings (SSSR count). The molecule has 0 fully saturated rings. The van der Waals surface area contributed by atoms with Gasteiger partial charge in [-0.05, 0) is 19.1 Å². The zero-order valence-electron chi connectivity index (χ0n) is 10.9. The van der Waals surface area contributed by atoms with Crippen LogP contribution in [0.2, 0.25) is 0 Å². The molecule has 0 aliphatic rings. The van der Waals surface area contributed by atoms with Crippen LogP contribution in [0.3, 0.4) is 0 Å². The first kappa shape index (κ1) is 12.6. The highest BCUT2D eigenvalue weighted by Gasteiger charge is 2.07.